The summed E-state index contributed by atoms with van der Waals surface area (Å²) in [4.78, 5) is 24.3. The molecule has 1 atom stereocenters. The SMILES string of the molecule is [2H]C([2H])([2H])C1(C(=O)O)CCN(C(=O)OC(C)(C)C)C1. The van der Waals surface area contributed by atoms with Crippen molar-refractivity contribution >= 4 is 12.1 Å². The highest BCUT2D eigenvalue weighted by Crippen LogP contribution is 2.30. The summed E-state index contributed by atoms with van der Waals surface area (Å²) in [5.41, 5.74) is -2.60. The van der Waals surface area contributed by atoms with Gasteiger partial charge in [0.2, 0.25) is 0 Å². The highest BCUT2D eigenvalue weighted by molar-refractivity contribution is 5.77. The molecule has 0 saturated carbocycles. The maximum Gasteiger partial charge on any atom is 0.410 e. The molecule has 1 unspecified atom stereocenters. The van der Waals surface area contributed by atoms with Gasteiger partial charge in [-0.05, 0) is 34.0 Å². The minimum absolute atomic E-state index is 0.0691. The van der Waals surface area contributed by atoms with Crippen LogP contribution >= 0.6 is 0 Å². The van der Waals surface area contributed by atoms with E-state index in [0.29, 0.717) is 0 Å². The van der Waals surface area contributed by atoms with Crippen molar-refractivity contribution in [3.8, 4) is 0 Å². The Morgan fingerprint density at radius 3 is 2.50 bits per heavy atom. The van der Waals surface area contributed by atoms with Crippen LogP contribution < -0.4 is 0 Å². The molecule has 0 aromatic heterocycles. The van der Waals surface area contributed by atoms with Crippen molar-refractivity contribution in [2.45, 2.75) is 39.6 Å². The Morgan fingerprint density at radius 2 is 2.12 bits per heavy atom. The minimum Gasteiger partial charge on any atom is -0.481 e. The molecular formula is C11H19NO4. The Labute approximate surface area is 99.6 Å². The number of carbonyl (C=O) groups is 2. The molecule has 0 spiro atoms. The van der Waals surface area contributed by atoms with E-state index < -0.39 is 29.9 Å². The van der Waals surface area contributed by atoms with Crippen LogP contribution in [0.15, 0.2) is 0 Å². The Bertz CT molecular complexity index is 388. The normalized spacial score (nSPS) is 29.2. The first-order valence-electron chi connectivity index (χ1n) is 6.60. The Morgan fingerprint density at radius 1 is 1.50 bits per heavy atom. The minimum atomic E-state index is -2.66. The van der Waals surface area contributed by atoms with Gasteiger partial charge in [0.25, 0.3) is 0 Å². The van der Waals surface area contributed by atoms with Crippen molar-refractivity contribution in [1.29, 1.82) is 0 Å². The fourth-order valence-electron chi connectivity index (χ4n) is 1.47. The van der Waals surface area contributed by atoms with Gasteiger partial charge >= 0.3 is 12.1 Å². The van der Waals surface area contributed by atoms with Gasteiger partial charge in [-0.1, -0.05) is 0 Å². The van der Waals surface area contributed by atoms with Gasteiger partial charge in [-0.3, -0.25) is 4.79 Å². The molecule has 92 valence electrons. The summed E-state index contributed by atoms with van der Waals surface area (Å²) in [7, 11) is 0. The van der Waals surface area contributed by atoms with Crippen LogP contribution in [0.3, 0.4) is 0 Å². The average Bonchev–Trinajstić information content (AvgIpc) is 2.58. The molecule has 0 aliphatic carbocycles. The Hall–Kier alpha value is -1.26. The molecule has 1 saturated heterocycles. The number of amides is 1. The number of aliphatic carboxylic acids is 1. The lowest BCUT2D eigenvalue weighted by Crippen LogP contribution is -2.38. The third-order valence-electron chi connectivity index (χ3n) is 2.33. The van der Waals surface area contributed by atoms with E-state index in [4.69, 9.17) is 8.85 Å². The monoisotopic (exact) mass is 232 g/mol. The van der Waals surface area contributed by atoms with Gasteiger partial charge < -0.3 is 14.7 Å². The first kappa shape index (κ1) is 8.84. The zero-order valence-corrected chi connectivity index (χ0v) is 9.74. The van der Waals surface area contributed by atoms with E-state index in [2.05, 4.69) is 0 Å². The van der Waals surface area contributed by atoms with Crippen molar-refractivity contribution in [2.24, 2.45) is 5.41 Å². The smallest absolute Gasteiger partial charge is 0.410 e. The highest BCUT2D eigenvalue weighted by Gasteiger charge is 2.43. The van der Waals surface area contributed by atoms with E-state index in [0.717, 1.165) is 4.90 Å². The van der Waals surface area contributed by atoms with Crippen molar-refractivity contribution in [3.63, 3.8) is 0 Å². The number of rotatable bonds is 1. The fourth-order valence-corrected chi connectivity index (χ4v) is 1.47. The molecule has 1 rings (SSSR count). The molecule has 0 radical (unpaired) electrons. The van der Waals surface area contributed by atoms with Crippen LogP contribution in [0.5, 0.6) is 0 Å². The molecule has 1 N–H and O–H groups in total. The second-order valence-electron chi connectivity index (χ2n) is 5.04. The van der Waals surface area contributed by atoms with Gasteiger partial charge in [0.1, 0.15) is 5.60 Å². The summed E-state index contributed by atoms with van der Waals surface area (Å²) in [6, 6.07) is 0. The zero-order valence-electron chi connectivity index (χ0n) is 12.7. The van der Waals surface area contributed by atoms with Crippen molar-refractivity contribution in [3.05, 3.63) is 0 Å². The number of hydrogen-bond acceptors (Lipinski definition) is 3. The summed E-state index contributed by atoms with van der Waals surface area (Å²) < 4.78 is 27.3. The van der Waals surface area contributed by atoms with Gasteiger partial charge in [0.15, 0.2) is 0 Å². The van der Waals surface area contributed by atoms with Gasteiger partial charge in [0, 0.05) is 17.2 Å². The Balaban J connectivity index is 2.87. The summed E-state index contributed by atoms with van der Waals surface area (Å²) in [6.45, 7) is 2.13. The fraction of sp³-hybridized carbons (Fsp3) is 0.818. The van der Waals surface area contributed by atoms with E-state index in [-0.39, 0.29) is 19.5 Å². The molecule has 0 aromatic carbocycles. The second-order valence-corrected chi connectivity index (χ2v) is 5.04. The lowest BCUT2D eigenvalue weighted by molar-refractivity contribution is -0.147. The summed E-state index contributed by atoms with van der Waals surface area (Å²) in [6.07, 6.45) is -0.780. The molecule has 1 aliphatic rings. The maximum absolute atomic E-state index is 11.8. The average molecular weight is 232 g/mol. The molecule has 1 heterocycles. The maximum atomic E-state index is 11.8. The molecule has 5 nitrogen and oxygen atoms in total. The van der Waals surface area contributed by atoms with Gasteiger partial charge in [-0.25, -0.2) is 4.79 Å². The number of carboxylic acid groups (broad SMARTS) is 1. The van der Waals surface area contributed by atoms with E-state index >= 15 is 0 Å². The van der Waals surface area contributed by atoms with Crippen LogP contribution in [0.1, 0.15) is 38.2 Å². The number of ether oxygens (including phenoxy) is 1. The van der Waals surface area contributed by atoms with E-state index in [1.807, 2.05) is 0 Å². The molecule has 5 heteroatoms. The molecule has 16 heavy (non-hydrogen) atoms. The van der Waals surface area contributed by atoms with Crippen LogP contribution in [0, 0.1) is 5.41 Å². The second kappa shape index (κ2) is 3.96. The van der Waals surface area contributed by atoms with E-state index in [9.17, 15) is 14.7 Å². The van der Waals surface area contributed by atoms with Crippen LogP contribution in [0.2, 0.25) is 0 Å². The molecule has 1 aliphatic heterocycles. The largest absolute Gasteiger partial charge is 0.481 e. The third kappa shape index (κ3) is 2.87. The topological polar surface area (TPSA) is 66.8 Å². The van der Waals surface area contributed by atoms with Crippen LogP contribution in [0.4, 0.5) is 4.79 Å². The lowest BCUT2D eigenvalue weighted by Gasteiger charge is -2.25. The number of likely N-dealkylation sites (tertiary alicyclic amines) is 1. The summed E-state index contributed by atoms with van der Waals surface area (Å²) in [5, 5.41) is 9.19. The highest BCUT2D eigenvalue weighted by atomic mass is 16.6. The number of nitrogens with zero attached hydrogens (tertiary/aromatic N) is 1. The van der Waals surface area contributed by atoms with Gasteiger partial charge in [-0.15, -0.1) is 0 Å². The zero-order chi connectivity index (χ0) is 15.1. The predicted octanol–water partition coefficient (Wildman–Crippen LogP) is 1.72. The first-order chi connectivity index (χ1) is 8.39. The quantitative estimate of drug-likeness (QED) is 0.747. The van der Waals surface area contributed by atoms with Gasteiger partial charge in [0.05, 0.1) is 5.41 Å². The number of carboxylic acids is 1. The molecular weight excluding hydrogens is 210 g/mol. The van der Waals surface area contributed by atoms with Crippen molar-refractivity contribution in [1.82, 2.24) is 4.90 Å². The van der Waals surface area contributed by atoms with E-state index in [1.165, 1.54) is 0 Å². The van der Waals surface area contributed by atoms with Crippen molar-refractivity contribution < 1.29 is 23.5 Å². The molecule has 0 bridgehead atoms. The van der Waals surface area contributed by atoms with Gasteiger partial charge in [-0.2, -0.15) is 0 Å². The molecule has 1 amide bonds. The van der Waals surface area contributed by atoms with Crippen molar-refractivity contribution in [2.75, 3.05) is 13.1 Å². The predicted molar refractivity (Wildman–Crippen MR) is 58.2 cm³/mol. The number of carbonyl (C=O) groups excluding carboxylic acids is 1. The summed E-state index contributed by atoms with van der Waals surface area (Å²) in [5.74, 6) is -1.40. The lowest BCUT2D eigenvalue weighted by atomic mass is 9.90. The van der Waals surface area contributed by atoms with Crippen LogP contribution in [-0.4, -0.2) is 40.8 Å². The standard InChI is InChI=1S/C11H19NO4/c1-10(2,3)16-9(15)12-6-5-11(4,7-12)8(13)14/h5-7H2,1-4H3,(H,13,14)/i4D3. The Kier molecular flexibility index (Phi) is 2.19. The first-order valence-corrected chi connectivity index (χ1v) is 5.10. The van der Waals surface area contributed by atoms with E-state index in [1.54, 1.807) is 20.8 Å². The molecule has 1 fully saturated rings. The van der Waals surface area contributed by atoms with Crippen LogP contribution in [-0.2, 0) is 9.53 Å². The summed E-state index contributed by atoms with van der Waals surface area (Å²) >= 11 is 0. The molecule has 0 aromatic rings. The number of hydrogen-bond donors (Lipinski definition) is 1. The third-order valence-corrected chi connectivity index (χ3v) is 2.33. The van der Waals surface area contributed by atoms with Crippen LogP contribution in [0.25, 0.3) is 0 Å².